The first-order valence-corrected chi connectivity index (χ1v) is 6.21. The van der Waals surface area contributed by atoms with Gasteiger partial charge in [-0.15, -0.1) is 0 Å². The van der Waals surface area contributed by atoms with E-state index in [4.69, 9.17) is 0 Å². The minimum atomic E-state index is -0.691. The zero-order chi connectivity index (χ0) is 11.8. The fourth-order valence-electron chi connectivity index (χ4n) is 2.78. The molecule has 16 heavy (non-hydrogen) atoms. The van der Waals surface area contributed by atoms with Gasteiger partial charge in [-0.05, 0) is 32.2 Å². The van der Waals surface area contributed by atoms with Crippen LogP contribution in [-0.4, -0.2) is 47.7 Å². The van der Waals surface area contributed by atoms with Crippen LogP contribution in [0.2, 0.25) is 0 Å². The van der Waals surface area contributed by atoms with Crippen molar-refractivity contribution < 1.29 is 9.90 Å². The van der Waals surface area contributed by atoms with Crippen LogP contribution >= 0.6 is 0 Å². The molecule has 0 aliphatic carbocycles. The Hall–Kier alpha value is -0.610. The van der Waals surface area contributed by atoms with Crippen LogP contribution in [0.3, 0.4) is 0 Å². The molecule has 2 rings (SSSR count). The van der Waals surface area contributed by atoms with Gasteiger partial charge in [-0.1, -0.05) is 6.92 Å². The van der Waals surface area contributed by atoms with Gasteiger partial charge in [0.25, 0.3) is 0 Å². The predicted molar refractivity (Wildman–Crippen MR) is 62.0 cm³/mol. The van der Waals surface area contributed by atoms with Crippen molar-refractivity contribution in [2.75, 3.05) is 26.2 Å². The number of amides is 1. The van der Waals surface area contributed by atoms with Gasteiger partial charge >= 0.3 is 0 Å². The second-order valence-corrected chi connectivity index (χ2v) is 5.60. The highest BCUT2D eigenvalue weighted by atomic mass is 16.3. The summed E-state index contributed by atoms with van der Waals surface area (Å²) < 4.78 is 0. The van der Waals surface area contributed by atoms with Crippen molar-refractivity contribution in [2.45, 2.75) is 32.3 Å². The first-order chi connectivity index (χ1) is 7.49. The number of aliphatic hydroxyl groups is 1. The largest absolute Gasteiger partial charge is 0.388 e. The van der Waals surface area contributed by atoms with Crippen LogP contribution in [-0.2, 0) is 4.79 Å². The number of carbonyl (C=O) groups excluding carboxylic acids is 1. The van der Waals surface area contributed by atoms with E-state index in [1.807, 2.05) is 11.8 Å². The average Bonchev–Trinajstić information content (AvgIpc) is 2.62. The van der Waals surface area contributed by atoms with E-state index >= 15 is 0 Å². The zero-order valence-corrected chi connectivity index (χ0v) is 10.2. The SMILES string of the molecule is C[C@@H]1CNC[C@H]1C(=O)N1CCCC(C)(O)C1. The van der Waals surface area contributed by atoms with Crippen LogP contribution in [0.5, 0.6) is 0 Å². The first kappa shape index (κ1) is 11.9. The summed E-state index contributed by atoms with van der Waals surface area (Å²) in [6.07, 6.45) is 1.71. The summed E-state index contributed by atoms with van der Waals surface area (Å²) in [5, 5.41) is 13.2. The van der Waals surface area contributed by atoms with Crippen molar-refractivity contribution in [3.8, 4) is 0 Å². The van der Waals surface area contributed by atoms with Gasteiger partial charge in [-0.3, -0.25) is 4.79 Å². The second-order valence-electron chi connectivity index (χ2n) is 5.60. The molecule has 0 aromatic heterocycles. The Labute approximate surface area is 97.0 Å². The van der Waals surface area contributed by atoms with E-state index in [1.54, 1.807) is 0 Å². The number of likely N-dealkylation sites (tertiary alicyclic amines) is 1. The average molecular weight is 226 g/mol. The third-order valence-electron chi connectivity index (χ3n) is 3.82. The lowest BCUT2D eigenvalue weighted by Crippen LogP contribution is -2.51. The van der Waals surface area contributed by atoms with Gasteiger partial charge in [0, 0.05) is 19.6 Å². The number of nitrogens with one attached hydrogen (secondary N) is 1. The number of nitrogens with zero attached hydrogens (tertiary/aromatic N) is 1. The van der Waals surface area contributed by atoms with Gasteiger partial charge < -0.3 is 15.3 Å². The van der Waals surface area contributed by atoms with Crippen LogP contribution in [0.4, 0.5) is 0 Å². The summed E-state index contributed by atoms with van der Waals surface area (Å²) in [6, 6.07) is 0. The lowest BCUT2D eigenvalue weighted by atomic mass is 9.91. The molecule has 2 heterocycles. The van der Waals surface area contributed by atoms with E-state index in [-0.39, 0.29) is 11.8 Å². The zero-order valence-electron chi connectivity index (χ0n) is 10.2. The minimum absolute atomic E-state index is 0.105. The topological polar surface area (TPSA) is 52.6 Å². The minimum Gasteiger partial charge on any atom is -0.388 e. The Morgan fingerprint density at radius 1 is 1.50 bits per heavy atom. The van der Waals surface area contributed by atoms with Gasteiger partial charge in [0.05, 0.1) is 11.5 Å². The second kappa shape index (κ2) is 4.34. The van der Waals surface area contributed by atoms with Gasteiger partial charge in [0.2, 0.25) is 5.91 Å². The number of piperidine rings is 1. The summed E-state index contributed by atoms with van der Waals surface area (Å²) in [5.41, 5.74) is -0.691. The number of hydrogen-bond donors (Lipinski definition) is 2. The fraction of sp³-hybridized carbons (Fsp3) is 0.917. The highest BCUT2D eigenvalue weighted by Gasteiger charge is 2.37. The maximum Gasteiger partial charge on any atom is 0.227 e. The number of β-amino-alcohol motifs (C(OH)–C–C–N with tert-alkyl or cyclic N) is 1. The van der Waals surface area contributed by atoms with E-state index in [0.29, 0.717) is 12.5 Å². The molecule has 2 fully saturated rings. The third-order valence-corrected chi connectivity index (χ3v) is 3.82. The maximum atomic E-state index is 12.3. The molecule has 0 spiro atoms. The molecule has 2 saturated heterocycles. The quantitative estimate of drug-likeness (QED) is 0.672. The molecule has 3 atom stereocenters. The molecular formula is C12H22N2O2. The molecule has 2 aliphatic heterocycles. The van der Waals surface area contributed by atoms with Crippen LogP contribution < -0.4 is 5.32 Å². The van der Waals surface area contributed by atoms with Gasteiger partial charge in [0.15, 0.2) is 0 Å². The summed E-state index contributed by atoms with van der Waals surface area (Å²) in [5.74, 6) is 0.741. The highest BCUT2D eigenvalue weighted by molar-refractivity contribution is 5.80. The van der Waals surface area contributed by atoms with Crippen LogP contribution in [0.15, 0.2) is 0 Å². The molecule has 0 aromatic carbocycles. The highest BCUT2D eigenvalue weighted by Crippen LogP contribution is 2.25. The Bertz CT molecular complexity index is 278. The summed E-state index contributed by atoms with van der Waals surface area (Å²) in [7, 11) is 0. The summed E-state index contributed by atoms with van der Waals surface area (Å²) in [6.45, 7) is 6.96. The van der Waals surface area contributed by atoms with Crippen molar-refractivity contribution in [3.63, 3.8) is 0 Å². The van der Waals surface area contributed by atoms with Gasteiger partial charge in [0.1, 0.15) is 0 Å². The molecule has 4 nitrogen and oxygen atoms in total. The predicted octanol–water partition coefficient (Wildman–Crippen LogP) is 0.215. The van der Waals surface area contributed by atoms with Crippen molar-refractivity contribution in [3.05, 3.63) is 0 Å². The van der Waals surface area contributed by atoms with Crippen molar-refractivity contribution in [1.82, 2.24) is 10.2 Å². The molecule has 0 radical (unpaired) electrons. The molecule has 0 aromatic rings. The number of carbonyl (C=O) groups is 1. The summed E-state index contributed by atoms with van der Waals surface area (Å²) in [4.78, 5) is 14.1. The number of hydrogen-bond acceptors (Lipinski definition) is 3. The van der Waals surface area contributed by atoms with E-state index in [9.17, 15) is 9.90 Å². The van der Waals surface area contributed by atoms with E-state index in [0.717, 1.165) is 32.5 Å². The molecule has 4 heteroatoms. The Morgan fingerprint density at radius 2 is 2.25 bits per heavy atom. The first-order valence-electron chi connectivity index (χ1n) is 6.21. The van der Waals surface area contributed by atoms with Gasteiger partial charge in [-0.2, -0.15) is 0 Å². The monoisotopic (exact) mass is 226 g/mol. The van der Waals surface area contributed by atoms with E-state index in [1.165, 1.54) is 0 Å². The van der Waals surface area contributed by atoms with Crippen molar-refractivity contribution in [2.24, 2.45) is 11.8 Å². The van der Waals surface area contributed by atoms with Crippen molar-refractivity contribution >= 4 is 5.91 Å². The smallest absolute Gasteiger partial charge is 0.227 e. The van der Waals surface area contributed by atoms with Crippen LogP contribution in [0, 0.1) is 11.8 Å². The van der Waals surface area contributed by atoms with Crippen LogP contribution in [0.25, 0.3) is 0 Å². The lowest BCUT2D eigenvalue weighted by Gasteiger charge is -2.38. The Balaban J connectivity index is 1.99. The molecule has 0 saturated carbocycles. The molecule has 2 aliphatic rings. The van der Waals surface area contributed by atoms with E-state index in [2.05, 4.69) is 12.2 Å². The van der Waals surface area contributed by atoms with E-state index < -0.39 is 5.60 Å². The molecule has 92 valence electrons. The molecule has 0 bridgehead atoms. The Morgan fingerprint density at radius 3 is 2.81 bits per heavy atom. The third kappa shape index (κ3) is 2.38. The number of rotatable bonds is 1. The van der Waals surface area contributed by atoms with Crippen LogP contribution in [0.1, 0.15) is 26.7 Å². The lowest BCUT2D eigenvalue weighted by molar-refractivity contribution is -0.142. The molecule has 1 unspecified atom stereocenters. The molecule has 1 amide bonds. The standard InChI is InChI=1S/C12H22N2O2/c1-9-6-13-7-10(9)11(15)14-5-3-4-12(2,16)8-14/h9-10,13,16H,3-8H2,1-2H3/t9-,10-,12?/m1/s1. The molecule has 2 N–H and O–H groups in total. The molecular weight excluding hydrogens is 204 g/mol. The van der Waals surface area contributed by atoms with Gasteiger partial charge in [-0.25, -0.2) is 0 Å². The fourth-order valence-corrected chi connectivity index (χ4v) is 2.78. The maximum absolute atomic E-state index is 12.3. The Kier molecular flexibility index (Phi) is 3.22. The van der Waals surface area contributed by atoms with Crippen molar-refractivity contribution in [1.29, 1.82) is 0 Å². The normalized spacial score (nSPS) is 40.1. The summed E-state index contributed by atoms with van der Waals surface area (Å²) >= 11 is 0.